The molecule has 0 atom stereocenters. The quantitative estimate of drug-likeness (QED) is 0.748. The maximum Gasteiger partial charge on any atom is 0.266 e. The lowest BCUT2D eigenvalue weighted by Crippen LogP contribution is -2.25. The average Bonchev–Trinajstić information content (AvgIpc) is 3.08. The Kier molecular flexibility index (Phi) is 2.65. The van der Waals surface area contributed by atoms with Crippen LogP contribution in [0.1, 0.15) is 20.8 Å². The molecule has 21 heavy (non-hydrogen) atoms. The van der Waals surface area contributed by atoms with Crippen molar-refractivity contribution < 1.29 is 4.79 Å². The minimum Gasteiger partial charge on any atom is -0.397 e. The summed E-state index contributed by atoms with van der Waals surface area (Å²) in [6.45, 7) is 1.27. The highest BCUT2D eigenvalue weighted by Gasteiger charge is 2.27. The number of aromatic nitrogens is 2. The Labute approximate surface area is 125 Å². The van der Waals surface area contributed by atoms with Crippen molar-refractivity contribution in [1.29, 1.82) is 0 Å². The Balaban J connectivity index is 1.71. The molecule has 2 N–H and O–H groups in total. The summed E-state index contributed by atoms with van der Waals surface area (Å²) in [6, 6.07) is 9.90. The molecule has 1 amide bonds. The number of hydrogen-bond donors (Lipinski definition) is 1. The molecule has 0 saturated carbocycles. The normalized spacial score (nSPS) is 13.6. The molecule has 3 aromatic rings. The van der Waals surface area contributed by atoms with Gasteiger partial charge in [-0.1, -0.05) is 24.3 Å². The van der Waals surface area contributed by atoms with Crippen molar-refractivity contribution in [2.45, 2.75) is 13.1 Å². The first-order chi connectivity index (χ1) is 10.2. The number of carbonyl (C=O) groups is 1. The summed E-state index contributed by atoms with van der Waals surface area (Å²) in [7, 11) is 0. The molecule has 0 fully saturated rings. The number of anilines is 1. The van der Waals surface area contributed by atoms with Gasteiger partial charge in [-0.2, -0.15) is 5.10 Å². The standard InChI is InChI=1S/C15H12N4OS/c16-12-11-5-6-17-18-14(11)21-13(12)15(20)19-7-9-3-1-2-4-10(9)8-19/h1-6H,7-8,16H2. The van der Waals surface area contributed by atoms with Gasteiger partial charge in [-0.15, -0.1) is 16.4 Å². The van der Waals surface area contributed by atoms with Crippen molar-refractivity contribution in [2.75, 3.05) is 5.73 Å². The lowest BCUT2D eigenvalue weighted by molar-refractivity contribution is 0.0757. The SMILES string of the molecule is Nc1c(C(=O)N2Cc3ccccc3C2)sc2nnccc12. The molecule has 3 heterocycles. The largest absolute Gasteiger partial charge is 0.397 e. The van der Waals surface area contributed by atoms with E-state index in [1.165, 1.54) is 22.5 Å². The lowest BCUT2D eigenvalue weighted by Gasteiger charge is -2.14. The zero-order valence-corrected chi connectivity index (χ0v) is 11.9. The summed E-state index contributed by atoms with van der Waals surface area (Å²) in [4.78, 5) is 15.8. The second-order valence-corrected chi connectivity index (χ2v) is 6.02. The van der Waals surface area contributed by atoms with Gasteiger partial charge in [0, 0.05) is 18.5 Å². The number of fused-ring (bicyclic) bond motifs is 2. The van der Waals surface area contributed by atoms with E-state index >= 15 is 0 Å². The topological polar surface area (TPSA) is 72.1 Å². The van der Waals surface area contributed by atoms with E-state index in [9.17, 15) is 4.79 Å². The fourth-order valence-corrected chi connectivity index (χ4v) is 3.66. The number of benzene rings is 1. The summed E-state index contributed by atoms with van der Waals surface area (Å²) < 4.78 is 0. The van der Waals surface area contributed by atoms with Gasteiger partial charge in [-0.25, -0.2) is 0 Å². The molecule has 1 aliphatic rings. The van der Waals surface area contributed by atoms with Crippen LogP contribution in [0, 0.1) is 0 Å². The molecule has 4 rings (SSSR count). The first-order valence-electron chi connectivity index (χ1n) is 6.60. The van der Waals surface area contributed by atoms with Gasteiger partial charge in [-0.05, 0) is 17.2 Å². The summed E-state index contributed by atoms with van der Waals surface area (Å²) in [5, 5.41) is 8.67. The molecular weight excluding hydrogens is 284 g/mol. The van der Waals surface area contributed by atoms with Gasteiger partial charge in [0.05, 0.1) is 11.9 Å². The maximum atomic E-state index is 12.7. The highest BCUT2D eigenvalue weighted by atomic mass is 32.1. The smallest absolute Gasteiger partial charge is 0.266 e. The van der Waals surface area contributed by atoms with Crippen LogP contribution in [0.25, 0.3) is 10.2 Å². The van der Waals surface area contributed by atoms with Crippen molar-refractivity contribution in [1.82, 2.24) is 15.1 Å². The van der Waals surface area contributed by atoms with E-state index in [1.54, 1.807) is 12.3 Å². The Morgan fingerprint density at radius 1 is 1.19 bits per heavy atom. The second kappa shape index (κ2) is 4.53. The van der Waals surface area contributed by atoms with Gasteiger partial charge < -0.3 is 10.6 Å². The fraction of sp³-hybridized carbons (Fsp3) is 0.133. The lowest BCUT2D eigenvalue weighted by atomic mass is 10.1. The van der Waals surface area contributed by atoms with Crippen LogP contribution >= 0.6 is 11.3 Å². The molecule has 0 bridgehead atoms. The molecule has 104 valence electrons. The molecule has 0 saturated heterocycles. The predicted octanol–water partition coefficient (Wildman–Crippen LogP) is 2.43. The molecule has 5 nitrogen and oxygen atoms in total. The van der Waals surface area contributed by atoms with Gasteiger partial charge in [0.15, 0.2) is 0 Å². The maximum absolute atomic E-state index is 12.7. The van der Waals surface area contributed by atoms with E-state index in [0.29, 0.717) is 28.5 Å². The van der Waals surface area contributed by atoms with Gasteiger partial charge >= 0.3 is 0 Å². The van der Waals surface area contributed by atoms with E-state index < -0.39 is 0 Å². The Bertz CT molecular complexity index is 833. The molecule has 0 radical (unpaired) electrons. The van der Waals surface area contributed by atoms with E-state index in [-0.39, 0.29) is 5.91 Å². The third-order valence-corrected chi connectivity index (χ3v) is 4.84. The van der Waals surface area contributed by atoms with Crippen molar-refractivity contribution in [3.63, 3.8) is 0 Å². The van der Waals surface area contributed by atoms with Gasteiger partial charge in [0.2, 0.25) is 0 Å². The first-order valence-corrected chi connectivity index (χ1v) is 7.41. The number of nitrogens with zero attached hydrogens (tertiary/aromatic N) is 3. The number of hydrogen-bond acceptors (Lipinski definition) is 5. The number of nitrogens with two attached hydrogens (primary N) is 1. The number of nitrogen functional groups attached to an aromatic ring is 1. The van der Waals surface area contributed by atoms with Crippen LogP contribution in [0.15, 0.2) is 36.5 Å². The van der Waals surface area contributed by atoms with Crippen molar-refractivity contribution >= 4 is 33.1 Å². The van der Waals surface area contributed by atoms with Gasteiger partial charge in [-0.3, -0.25) is 4.79 Å². The van der Waals surface area contributed by atoms with Crippen molar-refractivity contribution in [3.05, 3.63) is 52.5 Å². The number of carbonyl (C=O) groups excluding carboxylic acids is 1. The van der Waals surface area contributed by atoms with Crippen molar-refractivity contribution in [2.24, 2.45) is 0 Å². The molecule has 1 aromatic carbocycles. The zero-order valence-electron chi connectivity index (χ0n) is 11.1. The average molecular weight is 296 g/mol. The Morgan fingerprint density at radius 3 is 2.57 bits per heavy atom. The van der Waals surface area contributed by atoms with Crippen LogP contribution in [0.2, 0.25) is 0 Å². The van der Waals surface area contributed by atoms with Crippen molar-refractivity contribution in [3.8, 4) is 0 Å². The van der Waals surface area contributed by atoms with Crippen LogP contribution in [0.3, 0.4) is 0 Å². The fourth-order valence-electron chi connectivity index (χ4n) is 2.65. The van der Waals surface area contributed by atoms with E-state index in [1.807, 2.05) is 17.0 Å². The first kappa shape index (κ1) is 12.3. The molecule has 1 aliphatic heterocycles. The van der Waals surface area contributed by atoms with E-state index in [4.69, 9.17) is 5.73 Å². The molecule has 2 aromatic heterocycles. The Hall–Kier alpha value is -2.47. The highest BCUT2D eigenvalue weighted by Crippen LogP contribution is 2.34. The summed E-state index contributed by atoms with van der Waals surface area (Å²) in [6.07, 6.45) is 1.59. The number of rotatable bonds is 1. The van der Waals surface area contributed by atoms with Crippen LogP contribution in [-0.4, -0.2) is 21.0 Å². The minimum atomic E-state index is -0.0355. The van der Waals surface area contributed by atoms with E-state index in [2.05, 4.69) is 22.3 Å². The van der Waals surface area contributed by atoms with Crippen LogP contribution in [0.5, 0.6) is 0 Å². The summed E-state index contributed by atoms with van der Waals surface area (Å²) >= 11 is 1.31. The molecule has 0 unspecified atom stereocenters. The monoisotopic (exact) mass is 296 g/mol. The van der Waals surface area contributed by atoms with Crippen LogP contribution in [0.4, 0.5) is 5.69 Å². The van der Waals surface area contributed by atoms with Crippen LogP contribution < -0.4 is 5.73 Å². The molecule has 0 spiro atoms. The van der Waals surface area contributed by atoms with Gasteiger partial charge in [0.1, 0.15) is 9.71 Å². The molecule has 6 heteroatoms. The van der Waals surface area contributed by atoms with E-state index in [0.717, 1.165) is 5.39 Å². The number of thiophene rings is 1. The zero-order chi connectivity index (χ0) is 14.4. The second-order valence-electron chi connectivity index (χ2n) is 5.02. The molecule has 0 aliphatic carbocycles. The molecular formula is C15H12N4OS. The Morgan fingerprint density at radius 2 is 1.90 bits per heavy atom. The number of amides is 1. The third-order valence-electron chi connectivity index (χ3n) is 3.74. The summed E-state index contributed by atoms with van der Waals surface area (Å²) in [5.74, 6) is -0.0355. The van der Waals surface area contributed by atoms with Gasteiger partial charge in [0.25, 0.3) is 5.91 Å². The summed E-state index contributed by atoms with van der Waals surface area (Å²) in [5.41, 5.74) is 9.01. The predicted molar refractivity (Wildman–Crippen MR) is 81.8 cm³/mol. The minimum absolute atomic E-state index is 0.0355. The third kappa shape index (κ3) is 1.87. The van der Waals surface area contributed by atoms with Crippen LogP contribution in [-0.2, 0) is 13.1 Å². The highest BCUT2D eigenvalue weighted by molar-refractivity contribution is 7.21.